The predicted molar refractivity (Wildman–Crippen MR) is 76.2 cm³/mol. The molecule has 1 aromatic carbocycles. The number of anilines is 1. The number of ether oxygens (including phenoxy) is 2. The Bertz CT molecular complexity index is 559. The van der Waals surface area contributed by atoms with Gasteiger partial charge < -0.3 is 19.7 Å². The second kappa shape index (κ2) is 6.03. The number of benzene rings is 1. The third-order valence-electron chi connectivity index (χ3n) is 3.66. The molecule has 21 heavy (non-hydrogen) atoms. The minimum absolute atomic E-state index is 0.0633. The minimum Gasteiger partial charge on any atom is -0.454 e. The molecule has 0 saturated carbocycles. The Hall–Kier alpha value is -2.24. The number of hydrogen-bond donors (Lipinski definition) is 1. The summed E-state index contributed by atoms with van der Waals surface area (Å²) in [4.78, 5) is 25.6. The Kier molecular flexibility index (Phi) is 3.94. The molecule has 0 bridgehead atoms. The summed E-state index contributed by atoms with van der Waals surface area (Å²) in [7, 11) is 0. The van der Waals surface area contributed by atoms with E-state index in [4.69, 9.17) is 9.47 Å². The zero-order valence-electron chi connectivity index (χ0n) is 11.8. The molecule has 0 aliphatic carbocycles. The highest BCUT2D eigenvalue weighted by molar-refractivity contribution is 5.94. The molecule has 3 rings (SSSR count). The van der Waals surface area contributed by atoms with Crippen LogP contribution in [0.4, 0.5) is 5.69 Å². The number of nitrogens with zero attached hydrogens (tertiary/aromatic N) is 1. The number of likely N-dealkylation sites (tertiary alicyclic amines) is 1. The van der Waals surface area contributed by atoms with Crippen molar-refractivity contribution in [1.29, 1.82) is 0 Å². The largest absolute Gasteiger partial charge is 0.454 e. The van der Waals surface area contributed by atoms with Gasteiger partial charge in [0.25, 0.3) is 0 Å². The number of carbonyl (C=O) groups is 2. The molecule has 0 aromatic heterocycles. The molecular formula is C15H18N2O4. The van der Waals surface area contributed by atoms with Crippen molar-refractivity contribution in [3.8, 4) is 11.5 Å². The quantitative estimate of drug-likeness (QED) is 0.921. The van der Waals surface area contributed by atoms with Gasteiger partial charge >= 0.3 is 0 Å². The van der Waals surface area contributed by atoms with Crippen molar-refractivity contribution in [2.75, 3.05) is 25.2 Å². The molecule has 0 unspecified atom stereocenters. The minimum atomic E-state index is -0.191. The molecule has 2 amide bonds. The van der Waals surface area contributed by atoms with Gasteiger partial charge in [-0.1, -0.05) is 6.42 Å². The van der Waals surface area contributed by atoms with Crippen LogP contribution < -0.4 is 14.8 Å². The van der Waals surface area contributed by atoms with Crippen LogP contribution in [0, 0.1) is 0 Å². The van der Waals surface area contributed by atoms with E-state index >= 15 is 0 Å². The Morgan fingerprint density at radius 1 is 1.19 bits per heavy atom. The number of amides is 2. The van der Waals surface area contributed by atoms with Gasteiger partial charge in [-0.25, -0.2) is 0 Å². The van der Waals surface area contributed by atoms with E-state index in [9.17, 15) is 9.59 Å². The Balaban J connectivity index is 1.59. The van der Waals surface area contributed by atoms with Crippen LogP contribution in [0.5, 0.6) is 11.5 Å². The van der Waals surface area contributed by atoms with E-state index in [-0.39, 0.29) is 25.2 Å². The average molecular weight is 290 g/mol. The number of rotatable bonds is 3. The maximum Gasteiger partial charge on any atom is 0.243 e. The van der Waals surface area contributed by atoms with Crippen LogP contribution in [0.2, 0.25) is 0 Å². The first-order valence-electron chi connectivity index (χ1n) is 7.20. The fourth-order valence-electron chi connectivity index (χ4n) is 2.55. The van der Waals surface area contributed by atoms with Crippen LogP contribution in [0.15, 0.2) is 18.2 Å². The van der Waals surface area contributed by atoms with Crippen molar-refractivity contribution in [2.45, 2.75) is 25.7 Å². The summed E-state index contributed by atoms with van der Waals surface area (Å²) in [5.41, 5.74) is 0.645. The monoisotopic (exact) mass is 290 g/mol. The Morgan fingerprint density at radius 2 is 2.05 bits per heavy atom. The van der Waals surface area contributed by atoms with Crippen LogP contribution in [0.25, 0.3) is 0 Å². The summed E-state index contributed by atoms with van der Waals surface area (Å²) in [6.07, 6.45) is 3.46. The molecule has 6 nitrogen and oxygen atoms in total. The van der Waals surface area contributed by atoms with Gasteiger partial charge in [-0.05, 0) is 25.0 Å². The normalized spacial score (nSPS) is 17.5. The van der Waals surface area contributed by atoms with Gasteiger partial charge in [0.1, 0.15) is 0 Å². The van der Waals surface area contributed by atoms with E-state index in [0.29, 0.717) is 30.2 Å². The fourth-order valence-corrected chi connectivity index (χ4v) is 2.55. The first-order chi connectivity index (χ1) is 10.2. The van der Waals surface area contributed by atoms with Gasteiger partial charge in [0, 0.05) is 24.7 Å². The predicted octanol–water partition coefficient (Wildman–Crippen LogP) is 1.76. The van der Waals surface area contributed by atoms with Crippen molar-refractivity contribution in [3.05, 3.63) is 18.2 Å². The number of carbonyl (C=O) groups excluding carboxylic acids is 2. The molecule has 1 fully saturated rings. The second-order valence-electron chi connectivity index (χ2n) is 5.24. The fraction of sp³-hybridized carbons (Fsp3) is 0.467. The molecule has 6 heteroatoms. The topological polar surface area (TPSA) is 67.9 Å². The standard InChI is InChI=1S/C15H18N2O4/c18-14(9-17-7-3-1-2-4-15(17)19)16-11-5-6-12-13(8-11)21-10-20-12/h5-6,8H,1-4,7,9-10H2,(H,16,18). The molecule has 2 aliphatic heterocycles. The molecule has 0 spiro atoms. The molecule has 112 valence electrons. The zero-order chi connectivity index (χ0) is 14.7. The van der Waals surface area contributed by atoms with E-state index in [1.165, 1.54) is 0 Å². The molecule has 2 aliphatic rings. The first kappa shape index (κ1) is 13.7. The molecule has 0 atom stereocenters. The van der Waals surface area contributed by atoms with Crippen molar-refractivity contribution in [3.63, 3.8) is 0 Å². The van der Waals surface area contributed by atoms with Crippen LogP contribution in [-0.2, 0) is 9.59 Å². The van der Waals surface area contributed by atoms with E-state index in [1.807, 2.05) is 0 Å². The Morgan fingerprint density at radius 3 is 2.95 bits per heavy atom. The lowest BCUT2D eigenvalue weighted by molar-refractivity contribution is -0.134. The molecule has 1 aromatic rings. The number of fused-ring (bicyclic) bond motifs is 1. The first-order valence-corrected chi connectivity index (χ1v) is 7.20. The number of hydrogen-bond acceptors (Lipinski definition) is 4. The van der Waals surface area contributed by atoms with Crippen molar-refractivity contribution >= 4 is 17.5 Å². The van der Waals surface area contributed by atoms with Crippen LogP contribution >= 0.6 is 0 Å². The van der Waals surface area contributed by atoms with E-state index in [2.05, 4.69) is 5.32 Å². The highest BCUT2D eigenvalue weighted by Gasteiger charge is 2.20. The van der Waals surface area contributed by atoms with Crippen LogP contribution in [0.1, 0.15) is 25.7 Å². The van der Waals surface area contributed by atoms with Gasteiger partial charge in [0.15, 0.2) is 11.5 Å². The highest BCUT2D eigenvalue weighted by atomic mass is 16.7. The zero-order valence-corrected chi connectivity index (χ0v) is 11.8. The summed E-state index contributed by atoms with van der Waals surface area (Å²) in [6, 6.07) is 5.25. The smallest absolute Gasteiger partial charge is 0.243 e. The summed E-state index contributed by atoms with van der Waals surface area (Å²) >= 11 is 0. The second-order valence-corrected chi connectivity index (χ2v) is 5.24. The van der Waals surface area contributed by atoms with Gasteiger partial charge in [-0.15, -0.1) is 0 Å². The van der Waals surface area contributed by atoms with Gasteiger partial charge in [-0.3, -0.25) is 9.59 Å². The SMILES string of the molecule is O=C(CN1CCCCCC1=O)Nc1ccc2c(c1)OCO2. The number of nitrogens with one attached hydrogen (secondary N) is 1. The van der Waals surface area contributed by atoms with Crippen molar-refractivity contribution in [1.82, 2.24) is 4.90 Å². The molecule has 1 saturated heterocycles. The maximum absolute atomic E-state index is 12.1. The Labute approximate surface area is 123 Å². The van der Waals surface area contributed by atoms with Gasteiger partial charge in [0.2, 0.25) is 18.6 Å². The summed E-state index contributed by atoms with van der Waals surface area (Å²) < 4.78 is 10.5. The molecular weight excluding hydrogens is 272 g/mol. The molecule has 2 heterocycles. The van der Waals surface area contributed by atoms with Gasteiger partial charge in [0.05, 0.1) is 6.54 Å². The maximum atomic E-state index is 12.1. The van der Waals surface area contributed by atoms with E-state index < -0.39 is 0 Å². The van der Waals surface area contributed by atoms with Crippen LogP contribution in [-0.4, -0.2) is 36.6 Å². The third-order valence-corrected chi connectivity index (χ3v) is 3.66. The average Bonchev–Trinajstić information content (AvgIpc) is 2.84. The van der Waals surface area contributed by atoms with Crippen molar-refractivity contribution < 1.29 is 19.1 Å². The summed E-state index contributed by atoms with van der Waals surface area (Å²) in [6.45, 7) is 0.968. The van der Waals surface area contributed by atoms with E-state index in [1.54, 1.807) is 23.1 Å². The summed E-state index contributed by atoms with van der Waals surface area (Å²) in [5, 5.41) is 2.79. The van der Waals surface area contributed by atoms with Crippen molar-refractivity contribution in [2.24, 2.45) is 0 Å². The van der Waals surface area contributed by atoms with Gasteiger partial charge in [-0.2, -0.15) is 0 Å². The highest BCUT2D eigenvalue weighted by Crippen LogP contribution is 2.34. The lowest BCUT2D eigenvalue weighted by Gasteiger charge is -2.19. The third kappa shape index (κ3) is 3.26. The van der Waals surface area contributed by atoms with Crippen LogP contribution in [0.3, 0.4) is 0 Å². The molecule has 1 N–H and O–H groups in total. The lowest BCUT2D eigenvalue weighted by Crippen LogP contribution is -2.37. The lowest BCUT2D eigenvalue weighted by atomic mass is 10.2. The van der Waals surface area contributed by atoms with E-state index in [0.717, 1.165) is 19.3 Å². The molecule has 0 radical (unpaired) electrons. The summed E-state index contributed by atoms with van der Waals surface area (Å²) in [5.74, 6) is 1.17.